The van der Waals surface area contributed by atoms with Gasteiger partial charge in [0.2, 0.25) is 9.84 Å². The van der Waals surface area contributed by atoms with E-state index in [-0.39, 0.29) is 10.5 Å². The Bertz CT molecular complexity index is 1430. The maximum absolute atomic E-state index is 13.1. The monoisotopic (exact) mass is 569 g/mol. The van der Waals surface area contributed by atoms with Gasteiger partial charge in [0.25, 0.3) is 11.6 Å². The highest BCUT2D eigenvalue weighted by atomic mass is 32.2. The predicted octanol–water partition coefficient (Wildman–Crippen LogP) is 5.50. The molecule has 0 saturated carbocycles. The summed E-state index contributed by atoms with van der Waals surface area (Å²) in [7, 11) is -2.66. The number of benzene rings is 3. The molecule has 0 atom stereocenters. The standard InChI is InChI=1S/C29H35N3O7S/c1-5-15-31(16-6-2)17-18-39-27-20-23(10-13-26(27)38-4)30-29(33)22-9-14-28(25(19-22)32(34)35)40(36,37)24-11-7-21(3)8-12-24/h7-14,19-20H,5-6,15-18H2,1-4H3,(H,30,33). The van der Waals surface area contributed by atoms with Gasteiger partial charge in [-0.15, -0.1) is 0 Å². The summed E-state index contributed by atoms with van der Waals surface area (Å²) in [4.78, 5) is 25.8. The summed E-state index contributed by atoms with van der Waals surface area (Å²) in [6.45, 7) is 9.18. The van der Waals surface area contributed by atoms with Crippen LogP contribution >= 0.6 is 0 Å². The number of hydrogen-bond donors (Lipinski definition) is 1. The van der Waals surface area contributed by atoms with E-state index in [0.29, 0.717) is 23.8 Å². The lowest BCUT2D eigenvalue weighted by molar-refractivity contribution is -0.387. The molecule has 3 rings (SSSR count). The number of nitro benzene ring substituents is 1. The first kappa shape index (κ1) is 30.6. The smallest absolute Gasteiger partial charge is 0.289 e. The number of carbonyl (C=O) groups is 1. The maximum Gasteiger partial charge on any atom is 0.289 e. The van der Waals surface area contributed by atoms with Gasteiger partial charge in [-0.1, -0.05) is 31.5 Å². The average molecular weight is 570 g/mol. The Labute approximate surface area is 235 Å². The number of nitrogens with zero attached hydrogens (tertiary/aromatic N) is 2. The number of aryl methyl sites for hydroxylation is 1. The van der Waals surface area contributed by atoms with Crippen LogP contribution in [0.3, 0.4) is 0 Å². The molecule has 0 aliphatic carbocycles. The van der Waals surface area contributed by atoms with Crippen molar-refractivity contribution in [2.24, 2.45) is 0 Å². The van der Waals surface area contributed by atoms with Crippen LogP contribution in [0.2, 0.25) is 0 Å². The van der Waals surface area contributed by atoms with Crippen molar-refractivity contribution in [2.75, 3.05) is 38.7 Å². The van der Waals surface area contributed by atoms with Gasteiger partial charge < -0.3 is 14.8 Å². The fourth-order valence-electron chi connectivity index (χ4n) is 4.20. The van der Waals surface area contributed by atoms with Gasteiger partial charge in [-0.05, 0) is 69.3 Å². The van der Waals surface area contributed by atoms with Crippen molar-refractivity contribution in [2.45, 2.75) is 43.4 Å². The molecule has 0 aliphatic rings. The second-order valence-electron chi connectivity index (χ2n) is 9.27. The number of methoxy groups -OCH3 is 1. The number of nitro groups is 1. The molecule has 0 bridgehead atoms. The zero-order chi connectivity index (χ0) is 29.3. The molecule has 0 aromatic heterocycles. The summed E-state index contributed by atoms with van der Waals surface area (Å²) >= 11 is 0. The lowest BCUT2D eigenvalue weighted by Gasteiger charge is -2.21. The van der Waals surface area contributed by atoms with Crippen LogP contribution in [0.4, 0.5) is 11.4 Å². The van der Waals surface area contributed by atoms with Crippen LogP contribution < -0.4 is 14.8 Å². The molecule has 0 saturated heterocycles. The number of rotatable bonds is 14. The number of nitrogens with one attached hydrogen (secondary N) is 1. The van der Waals surface area contributed by atoms with E-state index in [9.17, 15) is 23.3 Å². The highest BCUT2D eigenvalue weighted by molar-refractivity contribution is 7.91. The van der Waals surface area contributed by atoms with Crippen molar-refractivity contribution in [1.82, 2.24) is 4.90 Å². The molecule has 11 heteroatoms. The molecule has 1 N–H and O–H groups in total. The molecule has 3 aromatic carbocycles. The first-order chi connectivity index (χ1) is 19.1. The molecule has 0 radical (unpaired) electrons. The third-order valence-electron chi connectivity index (χ3n) is 6.20. The van der Waals surface area contributed by atoms with Crippen molar-refractivity contribution >= 4 is 27.1 Å². The van der Waals surface area contributed by atoms with Crippen molar-refractivity contribution in [3.63, 3.8) is 0 Å². The van der Waals surface area contributed by atoms with E-state index in [1.807, 2.05) is 0 Å². The van der Waals surface area contributed by atoms with Crippen LogP contribution in [0, 0.1) is 17.0 Å². The largest absolute Gasteiger partial charge is 0.493 e. The summed E-state index contributed by atoms with van der Waals surface area (Å²) in [5.41, 5.74) is 0.486. The topological polar surface area (TPSA) is 128 Å². The van der Waals surface area contributed by atoms with E-state index in [1.54, 1.807) is 37.3 Å². The van der Waals surface area contributed by atoms with Crippen molar-refractivity contribution in [1.29, 1.82) is 0 Å². The zero-order valence-electron chi connectivity index (χ0n) is 23.2. The van der Waals surface area contributed by atoms with Gasteiger partial charge in [-0.3, -0.25) is 19.8 Å². The first-order valence-electron chi connectivity index (χ1n) is 13.0. The minimum absolute atomic E-state index is 0.0670. The van der Waals surface area contributed by atoms with Crippen LogP contribution in [0.25, 0.3) is 0 Å². The van der Waals surface area contributed by atoms with Crippen molar-refractivity contribution < 1.29 is 27.6 Å². The zero-order valence-corrected chi connectivity index (χ0v) is 24.0. The summed E-state index contributed by atoms with van der Waals surface area (Å²) in [5, 5.41) is 14.5. The van der Waals surface area contributed by atoms with E-state index in [0.717, 1.165) is 50.2 Å². The van der Waals surface area contributed by atoms with E-state index in [2.05, 4.69) is 24.1 Å². The lowest BCUT2D eigenvalue weighted by atomic mass is 10.2. The molecule has 10 nitrogen and oxygen atoms in total. The third-order valence-corrected chi connectivity index (χ3v) is 8.02. The molecule has 0 unspecified atom stereocenters. The quantitative estimate of drug-likeness (QED) is 0.199. The minimum Gasteiger partial charge on any atom is -0.493 e. The summed E-state index contributed by atoms with van der Waals surface area (Å²) in [5.74, 6) is 0.297. The Morgan fingerprint density at radius 2 is 1.62 bits per heavy atom. The van der Waals surface area contributed by atoms with Crippen LogP contribution in [-0.2, 0) is 9.84 Å². The predicted molar refractivity (Wildman–Crippen MR) is 153 cm³/mol. The first-order valence-corrected chi connectivity index (χ1v) is 14.5. The molecule has 214 valence electrons. The fourth-order valence-corrected chi connectivity index (χ4v) is 5.60. The molecule has 0 spiro atoms. The number of sulfone groups is 1. The number of ether oxygens (including phenoxy) is 2. The number of carbonyl (C=O) groups excluding carboxylic acids is 1. The maximum atomic E-state index is 13.1. The van der Waals surface area contributed by atoms with Gasteiger partial charge in [0, 0.05) is 29.9 Å². The minimum atomic E-state index is -4.18. The molecule has 0 aliphatic heterocycles. The molecule has 40 heavy (non-hydrogen) atoms. The SMILES string of the molecule is CCCN(CCC)CCOc1cc(NC(=O)c2ccc(S(=O)(=O)c3ccc(C)cc3)c([N+](=O)[O-])c2)ccc1OC. The van der Waals surface area contributed by atoms with E-state index in [1.165, 1.54) is 25.3 Å². The summed E-state index contributed by atoms with van der Waals surface area (Å²) in [6, 6.07) is 14.2. The fraction of sp³-hybridized carbons (Fsp3) is 0.345. The van der Waals surface area contributed by atoms with E-state index >= 15 is 0 Å². The third kappa shape index (κ3) is 7.57. The normalized spacial score (nSPS) is 11.3. The van der Waals surface area contributed by atoms with E-state index < -0.39 is 31.3 Å². The summed E-state index contributed by atoms with van der Waals surface area (Å²) < 4.78 is 37.6. The second kappa shape index (κ2) is 13.9. The Morgan fingerprint density at radius 1 is 0.950 bits per heavy atom. The van der Waals surface area contributed by atoms with Gasteiger partial charge in [0.05, 0.1) is 16.9 Å². The Balaban J connectivity index is 1.81. The van der Waals surface area contributed by atoms with Crippen LogP contribution in [-0.4, -0.2) is 57.5 Å². The molecular weight excluding hydrogens is 534 g/mol. The van der Waals surface area contributed by atoms with Crippen molar-refractivity contribution in [3.05, 3.63) is 81.9 Å². The highest BCUT2D eigenvalue weighted by Crippen LogP contribution is 2.32. The van der Waals surface area contributed by atoms with Crippen LogP contribution in [0.5, 0.6) is 11.5 Å². The highest BCUT2D eigenvalue weighted by Gasteiger charge is 2.29. The van der Waals surface area contributed by atoms with Crippen molar-refractivity contribution in [3.8, 4) is 11.5 Å². The summed E-state index contributed by atoms with van der Waals surface area (Å²) in [6.07, 6.45) is 2.09. The van der Waals surface area contributed by atoms with Gasteiger partial charge in [-0.2, -0.15) is 0 Å². The average Bonchev–Trinajstić information content (AvgIpc) is 2.93. The molecule has 1 amide bonds. The lowest BCUT2D eigenvalue weighted by Crippen LogP contribution is -2.30. The van der Waals surface area contributed by atoms with Crippen LogP contribution in [0.1, 0.15) is 42.6 Å². The molecular formula is C29H35N3O7S. The molecule has 0 heterocycles. The van der Waals surface area contributed by atoms with Gasteiger partial charge in [0.15, 0.2) is 11.5 Å². The second-order valence-corrected chi connectivity index (χ2v) is 11.2. The van der Waals surface area contributed by atoms with Gasteiger partial charge in [-0.25, -0.2) is 8.42 Å². The Morgan fingerprint density at radius 3 is 2.23 bits per heavy atom. The van der Waals surface area contributed by atoms with Gasteiger partial charge in [0.1, 0.15) is 11.5 Å². The molecule has 0 fully saturated rings. The van der Waals surface area contributed by atoms with Crippen LogP contribution in [0.15, 0.2) is 70.5 Å². The number of hydrogen-bond acceptors (Lipinski definition) is 8. The van der Waals surface area contributed by atoms with Gasteiger partial charge >= 0.3 is 0 Å². The van der Waals surface area contributed by atoms with E-state index in [4.69, 9.17) is 9.47 Å². The Kier molecular flexibility index (Phi) is 10.6. The Hall–Kier alpha value is -3.96. The number of amides is 1. The number of anilines is 1. The molecule has 3 aromatic rings.